The molecule has 0 radical (unpaired) electrons. The van der Waals surface area contributed by atoms with E-state index in [-0.39, 0.29) is 30.7 Å². The number of carbonyl (C=O) groups excluding carboxylic acids is 2. The summed E-state index contributed by atoms with van der Waals surface area (Å²) in [6, 6.07) is 4.60. The smallest absolute Gasteiger partial charge is 0.242 e. The number of aryl methyl sites for hydroxylation is 1. The first-order valence-electron chi connectivity index (χ1n) is 5.86. The van der Waals surface area contributed by atoms with Gasteiger partial charge in [0.05, 0.1) is 13.1 Å². The molecule has 1 aliphatic rings. The van der Waals surface area contributed by atoms with Gasteiger partial charge in [0.1, 0.15) is 5.82 Å². The first kappa shape index (κ1) is 12.5. The Morgan fingerprint density at radius 1 is 1.39 bits per heavy atom. The second kappa shape index (κ2) is 5.16. The Balaban J connectivity index is 1.98. The van der Waals surface area contributed by atoms with Crippen LogP contribution >= 0.6 is 0 Å². The highest BCUT2D eigenvalue weighted by Crippen LogP contribution is 2.11. The average molecular weight is 250 g/mol. The molecule has 96 valence electrons. The highest BCUT2D eigenvalue weighted by molar-refractivity contribution is 5.92. The van der Waals surface area contributed by atoms with Crippen LogP contribution in [0.2, 0.25) is 0 Å². The zero-order valence-corrected chi connectivity index (χ0v) is 10.2. The molecule has 1 aromatic carbocycles. The van der Waals surface area contributed by atoms with Crippen molar-refractivity contribution in [2.24, 2.45) is 0 Å². The van der Waals surface area contributed by atoms with E-state index in [4.69, 9.17) is 0 Å². The van der Waals surface area contributed by atoms with Gasteiger partial charge in [-0.05, 0) is 36.6 Å². The Morgan fingerprint density at radius 3 is 2.89 bits per heavy atom. The summed E-state index contributed by atoms with van der Waals surface area (Å²) in [5.74, 6) is -0.468. The van der Waals surface area contributed by atoms with Gasteiger partial charge in [-0.25, -0.2) is 4.39 Å². The largest absolute Gasteiger partial charge is 0.345 e. The van der Waals surface area contributed by atoms with E-state index in [0.717, 1.165) is 11.1 Å². The van der Waals surface area contributed by atoms with Gasteiger partial charge >= 0.3 is 0 Å². The molecule has 1 aromatic rings. The first-order valence-corrected chi connectivity index (χ1v) is 5.86. The zero-order valence-electron chi connectivity index (χ0n) is 10.2. The summed E-state index contributed by atoms with van der Waals surface area (Å²) >= 11 is 0. The van der Waals surface area contributed by atoms with Gasteiger partial charge in [0.25, 0.3) is 0 Å². The van der Waals surface area contributed by atoms with Crippen LogP contribution < -0.4 is 5.32 Å². The fourth-order valence-corrected chi connectivity index (χ4v) is 2.00. The number of piperazine rings is 1. The monoisotopic (exact) mass is 250 g/mol. The number of amides is 2. The van der Waals surface area contributed by atoms with Gasteiger partial charge in [0.15, 0.2) is 0 Å². The van der Waals surface area contributed by atoms with Crippen molar-refractivity contribution in [3.05, 3.63) is 35.1 Å². The Hall–Kier alpha value is -1.91. The summed E-state index contributed by atoms with van der Waals surface area (Å²) in [7, 11) is 0. The van der Waals surface area contributed by atoms with Crippen molar-refractivity contribution in [2.75, 3.05) is 19.6 Å². The van der Waals surface area contributed by atoms with Crippen LogP contribution in [0.15, 0.2) is 18.2 Å². The summed E-state index contributed by atoms with van der Waals surface area (Å²) in [5.41, 5.74) is 1.86. The van der Waals surface area contributed by atoms with Gasteiger partial charge in [-0.1, -0.05) is 6.07 Å². The van der Waals surface area contributed by atoms with Crippen LogP contribution in [-0.4, -0.2) is 36.3 Å². The molecule has 0 spiro atoms. The number of carbonyl (C=O) groups is 2. The van der Waals surface area contributed by atoms with E-state index in [1.807, 2.05) is 6.92 Å². The van der Waals surface area contributed by atoms with Crippen molar-refractivity contribution in [1.82, 2.24) is 10.2 Å². The fourth-order valence-electron chi connectivity index (χ4n) is 2.00. The Labute approximate surface area is 105 Å². The minimum absolute atomic E-state index is 0.0707. The molecule has 1 saturated heterocycles. The molecule has 1 N–H and O–H groups in total. The molecule has 2 rings (SSSR count). The molecule has 0 saturated carbocycles. The third-order valence-electron chi connectivity index (χ3n) is 3.08. The first-order chi connectivity index (χ1) is 8.56. The lowest BCUT2D eigenvalue weighted by molar-refractivity contribution is -0.140. The molecular formula is C13H15FN2O2. The third-order valence-corrected chi connectivity index (χ3v) is 3.08. The molecule has 5 heteroatoms. The van der Waals surface area contributed by atoms with Crippen molar-refractivity contribution in [1.29, 1.82) is 0 Å². The molecule has 0 bridgehead atoms. The standard InChI is InChI=1S/C13H15FN2O2/c1-9-6-11(14)3-2-10(9)4-5-16-8-12(17)15-7-13(16)18/h2-3,6H,4-5,7-8H2,1H3,(H,15,17). The molecule has 0 unspecified atom stereocenters. The minimum atomic E-state index is -0.260. The lowest BCUT2D eigenvalue weighted by Crippen LogP contribution is -2.52. The van der Waals surface area contributed by atoms with Crippen molar-refractivity contribution in [2.45, 2.75) is 13.3 Å². The van der Waals surface area contributed by atoms with E-state index < -0.39 is 0 Å². The number of benzene rings is 1. The summed E-state index contributed by atoms with van der Waals surface area (Å²) < 4.78 is 12.9. The molecule has 4 nitrogen and oxygen atoms in total. The van der Waals surface area contributed by atoms with E-state index in [1.54, 1.807) is 6.07 Å². The number of halogens is 1. The van der Waals surface area contributed by atoms with Gasteiger partial charge in [-0.2, -0.15) is 0 Å². The Bertz CT molecular complexity index is 488. The van der Waals surface area contributed by atoms with Crippen molar-refractivity contribution < 1.29 is 14.0 Å². The van der Waals surface area contributed by atoms with Crippen LogP contribution in [-0.2, 0) is 16.0 Å². The van der Waals surface area contributed by atoms with Crippen LogP contribution in [0.1, 0.15) is 11.1 Å². The average Bonchev–Trinajstić information content (AvgIpc) is 2.32. The zero-order chi connectivity index (χ0) is 13.1. The van der Waals surface area contributed by atoms with Gasteiger partial charge in [0.2, 0.25) is 11.8 Å². The summed E-state index contributed by atoms with van der Waals surface area (Å²) in [4.78, 5) is 24.3. The summed E-state index contributed by atoms with van der Waals surface area (Å²) in [6.45, 7) is 2.50. The number of hydrogen-bond acceptors (Lipinski definition) is 2. The quantitative estimate of drug-likeness (QED) is 0.855. The topological polar surface area (TPSA) is 49.4 Å². The highest BCUT2D eigenvalue weighted by Gasteiger charge is 2.22. The number of rotatable bonds is 3. The van der Waals surface area contributed by atoms with E-state index in [0.29, 0.717) is 13.0 Å². The van der Waals surface area contributed by atoms with Crippen molar-refractivity contribution in [3.8, 4) is 0 Å². The molecule has 18 heavy (non-hydrogen) atoms. The Morgan fingerprint density at radius 2 is 2.17 bits per heavy atom. The van der Waals surface area contributed by atoms with Crippen LogP contribution in [0.5, 0.6) is 0 Å². The maximum atomic E-state index is 12.9. The maximum Gasteiger partial charge on any atom is 0.242 e. The normalized spacial score (nSPS) is 15.8. The van der Waals surface area contributed by atoms with E-state index in [9.17, 15) is 14.0 Å². The lowest BCUT2D eigenvalue weighted by atomic mass is 10.1. The van der Waals surface area contributed by atoms with Crippen LogP contribution in [0, 0.1) is 12.7 Å². The SMILES string of the molecule is Cc1cc(F)ccc1CCN1CC(=O)NCC1=O. The molecule has 1 aliphatic heterocycles. The van der Waals surface area contributed by atoms with Gasteiger partial charge in [-0.3, -0.25) is 9.59 Å². The number of nitrogens with zero attached hydrogens (tertiary/aromatic N) is 1. The highest BCUT2D eigenvalue weighted by atomic mass is 19.1. The lowest BCUT2D eigenvalue weighted by Gasteiger charge is -2.26. The van der Waals surface area contributed by atoms with E-state index in [2.05, 4.69) is 5.32 Å². The number of nitrogens with one attached hydrogen (secondary N) is 1. The van der Waals surface area contributed by atoms with Crippen LogP contribution in [0.4, 0.5) is 4.39 Å². The summed E-state index contributed by atoms with van der Waals surface area (Å²) in [6.07, 6.45) is 0.630. The summed E-state index contributed by atoms with van der Waals surface area (Å²) in [5, 5.41) is 2.50. The maximum absolute atomic E-state index is 12.9. The number of hydrogen-bond donors (Lipinski definition) is 1. The van der Waals surface area contributed by atoms with Crippen molar-refractivity contribution >= 4 is 11.8 Å². The third kappa shape index (κ3) is 2.85. The van der Waals surface area contributed by atoms with Gasteiger partial charge in [-0.15, -0.1) is 0 Å². The second-order valence-corrected chi connectivity index (χ2v) is 4.41. The molecular weight excluding hydrogens is 235 g/mol. The molecule has 0 atom stereocenters. The molecule has 2 amide bonds. The molecule has 1 fully saturated rings. The molecule has 0 aromatic heterocycles. The van der Waals surface area contributed by atoms with Crippen LogP contribution in [0.3, 0.4) is 0 Å². The Kier molecular flexibility index (Phi) is 3.60. The van der Waals surface area contributed by atoms with Gasteiger partial charge in [0, 0.05) is 6.54 Å². The van der Waals surface area contributed by atoms with Crippen LogP contribution in [0.25, 0.3) is 0 Å². The minimum Gasteiger partial charge on any atom is -0.345 e. The predicted octanol–water partition coefficient (Wildman–Crippen LogP) is 0.635. The van der Waals surface area contributed by atoms with Gasteiger partial charge < -0.3 is 10.2 Å². The predicted molar refractivity (Wildman–Crippen MR) is 64.4 cm³/mol. The molecule has 1 heterocycles. The second-order valence-electron chi connectivity index (χ2n) is 4.41. The van der Waals surface area contributed by atoms with Crippen molar-refractivity contribution in [3.63, 3.8) is 0 Å². The molecule has 0 aliphatic carbocycles. The van der Waals surface area contributed by atoms with E-state index in [1.165, 1.54) is 17.0 Å². The van der Waals surface area contributed by atoms with E-state index >= 15 is 0 Å². The fraction of sp³-hybridized carbons (Fsp3) is 0.385.